The first-order chi connectivity index (χ1) is 8.51. The zero-order valence-electron chi connectivity index (χ0n) is 10.2. The van der Waals surface area contributed by atoms with Crippen LogP contribution in [0.5, 0.6) is 0 Å². The number of Topliss-reactive ketones (excluding diaryl/α,β-unsaturated/α-hetero) is 1. The number of hydrogen-bond acceptors (Lipinski definition) is 2. The largest absolute Gasteiger partial charge is 0.319 e. The highest BCUT2D eigenvalue weighted by Gasteiger charge is 2.34. The lowest BCUT2D eigenvalue weighted by atomic mass is 9.78. The summed E-state index contributed by atoms with van der Waals surface area (Å²) in [5.41, 5.74) is 6.32. The molecule has 0 amide bonds. The van der Waals surface area contributed by atoms with Gasteiger partial charge in [0.25, 0.3) is 0 Å². The van der Waals surface area contributed by atoms with Crippen LogP contribution in [0, 0.1) is 5.82 Å². The summed E-state index contributed by atoms with van der Waals surface area (Å²) < 4.78 is 13.5. The maximum absolute atomic E-state index is 13.1. The summed E-state index contributed by atoms with van der Waals surface area (Å²) in [4.78, 5) is 12.3. The molecule has 18 heavy (non-hydrogen) atoms. The molecule has 0 atom stereocenters. The molecule has 1 saturated carbocycles. The van der Waals surface area contributed by atoms with Crippen LogP contribution in [-0.2, 0) is 11.2 Å². The second-order valence-electron chi connectivity index (χ2n) is 5.07. The minimum absolute atomic E-state index is 0.0701. The highest BCUT2D eigenvalue weighted by molar-refractivity contribution is 9.10. The van der Waals surface area contributed by atoms with E-state index in [9.17, 15) is 9.18 Å². The average Bonchev–Trinajstić information content (AvgIpc) is 2.35. The molecule has 2 rings (SSSR count). The maximum atomic E-state index is 13.1. The maximum Gasteiger partial charge on any atom is 0.156 e. The second-order valence-corrected chi connectivity index (χ2v) is 5.92. The summed E-state index contributed by atoms with van der Waals surface area (Å²) in [6.07, 6.45) is 5.04. The van der Waals surface area contributed by atoms with E-state index in [2.05, 4.69) is 15.9 Å². The number of carbonyl (C=O) groups is 1. The summed E-state index contributed by atoms with van der Waals surface area (Å²) in [7, 11) is 0. The molecule has 98 valence electrons. The van der Waals surface area contributed by atoms with Crippen LogP contribution < -0.4 is 5.73 Å². The molecule has 0 aromatic heterocycles. The SMILES string of the molecule is NC1(C(=O)Cc2ccc(F)c(Br)c2)CCCCC1. The lowest BCUT2D eigenvalue weighted by molar-refractivity contribution is -0.124. The van der Waals surface area contributed by atoms with E-state index in [1.165, 1.54) is 6.07 Å². The number of carbonyl (C=O) groups excluding carboxylic acids is 1. The predicted molar refractivity (Wildman–Crippen MR) is 72.8 cm³/mol. The molecule has 0 bridgehead atoms. The van der Waals surface area contributed by atoms with Crippen molar-refractivity contribution in [2.75, 3.05) is 0 Å². The molecule has 1 fully saturated rings. The van der Waals surface area contributed by atoms with Gasteiger partial charge in [-0.05, 0) is 46.5 Å². The van der Waals surface area contributed by atoms with Crippen LogP contribution in [0.4, 0.5) is 4.39 Å². The van der Waals surface area contributed by atoms with E-state index in [1.807, 2.05) is 0 Å². The molecule has 0 unspecified atom stereocenters. The second kappa shape index (κ2) is 5.49. The van der Waals surface area contributed by atoms with Gasteiger partial charge in [-0.1, -0.05) is 25.3 Å². The summed E-state index contributed by atoms with van der Waals surface area (Å²) >= 11 is 3.13. The standard InChI is InChI=1S/C14H17BrFNO/c15-11-8-10(4-5-12(11)16)9-13(18)14(17)6-2-1-3-7-14/h4-5,8H,1-3,6-7,9,17H2. The monoisotopic (exact) mass is 313 g/mol. The molecular formula is C14H17BrFNO. The fourth-order valence-electron chi connectivity index (χ4n) is 2.47. The Morgan fingerprint density at radius 3 is 2.61 bits per heavy atom. The third-order valence-corrected chi connectivity index (χ3v) is 4.26. The third-order valence-electron chi connectivity index (χ3n) is 3.65. The van der Waals surface area contributed by atoms with Crippen molar-refractivity contribution in [3.63, 3.8) is 0 Å². The lowest BCUT2D eigenvalue weighted by Crippen LogP contribution is -2.50. The molecule has 4 heteroatoms. The third kappa shape index (κ3) is 2.98. The zero-order valence-corrected chi connectivity index (χ0v) is 11.8. The van der Waals surface area contributed by atoms with Gasteiger partial charge in [0.2, 0.25) is 0 Å². The van der Waals surface area contributed by atoms with Crippen molar-refractivity contribution in [1.29, 1.82) is 0 Å². The van der Waals surface area contributed by atoms with Gasteiger partial charge in [0, 0.05) is 6.42 Å². The van der Waals surface area contributed by atoms with E-state index >= 15 is 0 Å². The number of rotatable bonds is 3. The molecule has 0 radical (unpaired) electrons. The number of benzene rings is 1. The molecule has 0 spiro atoms. The number of hydrogen-bond donors (Lipinski definition) is 1. The molecular weight excluding hydrogens is 297 g/mol. The summed E-state index contributed by atoms with van der Waals surface area (Å²) in [6, 6.07) is 4.67. The fraction of sp³-hybridized carbons (Fsp3) is 0.500. The van der Waals surface area contributed by atoms with Gasteiger partial charge in [0.1, 0.15) is 5.82 Å². The van der Waals surface area contributed by atoms with Crippen molar-refractivity contribution >= 4 is 21.7 Å². The molecule has 1 aliphatic carbocycles. The average molecular weight is 314 g/mol. The molecule has 1 aromatic rings. The molecule has 1 aromatic carbocycles. The highest BCUT2D eigenvalue weighted by Crippen LogP contribution is 2.28. The first kappa shape index (κ1) is 13.7. The van der Waals surface area contributed by atoms with Crippen molar-refractivity contribution in [2.45, 2.75) is 44.1 Å². The van der Waals surface area contributed by atoms with E-state index in [1.54, 1.807) is 12.1 Å². The zero-order chi connectivity index (χ0) is 13.2. The van der Waals surface area contributed by atoms with Crippen LogP contribution in [0.2, 0.25) is 0 Å². The Morgan fingerprint density at radius 2 is 2.00 bits per heavy atom. The van der Waals surface area contributed by atoms with Crippen LogP contribution in [0.1, 0.15) is 37.7 Å². The van der Waals surface area contributed by atoms with Gasteiger partial charge in [-0.15, -0.1) is 0 Å². The van der Waals surface area contributed by atoms with E-state index < -0.39 is 5.54 Å². The molecule has 0 heterocycles. The molecule has 2 nitrogen and oxygen atoms in total. The summed E-state index contributed by atoms with van der Waals surface area (Å²) in [5, 5.41) is 0. The van der Waals surface area contributed by atoms with Gasteiger partial charge in [-0.3, -0.25) is 4.79 Å². The number of halogens is 2. The Balaban J connectivity index is 2.08. The summed E-state index contributed by atoms with van der Waals surface area (Å²) in [5.74, 6) is -0.243. The Bertz CT molecular complexity index is 455. The first-order valence-corrected chi connectivity index (χ1v) is 7.07. The fourth-order valence-corrected chi connectivity index (χ4v) is 2.90. The number of nitrogens with two attached hydrogens (primary N) is 1. The van der Waals surface area contributed by atoms with Crippen LogP contribution in [-0.4, -0.2) is 11.3 Å². The minimum atomic E-state index is -0.668. The van der Waals surface area contributed by atoms with Gasteiger partial charge < -0.3 is 5.73 Å². The van der Waals surface area contributed by atoms with Crippen LogP contribution >= 0.6 is 15.9 Å². The van der Waals surface area contributed by atoms with Crippen molar-refractivity contribution in [3.05, 3.63) is 34.1 Å². The molecule has 2 N–H and O–H groups in total. The Kier molecular flexibility index (Phi) is 4.17. The van der Waals surface area contributed by atoms with E-state index in [0.29, 0.717) is 4.47 Å². The van der Waals surface area contributed by atoms with Crippen molar-refractivity contribution in [2.24, 2.45) is 5.73 Å². The van der Waals surface area contributed by atoms with E-state index in [0.717, 1.165) is 37.7 Å². The summed E-state index contributed by atoms with van der Waals surface area (Å²) in [6.45, 7) is 0. The smallest absolute Gasteiger partial charge is 0.156 e. The van der Waals surface area contributed by atoms with Gasteiger partial charge in [-0.25, -0.2) is 4.39 Å². The van der Waals surface area contributed by atoms with Gasteiger partial charge in [0.05, 0.1) is 10.0 Å². The highest BCUT2D eigenvalue weighted by atomic mass is 79.9. The van der Waals surface area contributed by atoms with Crippen LogP contribution in [0.3, 0.4) is 0 Å². The molecule has 0 aliphatic heterocycles. The molecule has 0 saturated heterocycles. The van der Waals surface area contributed by atoms with E-state index in [-0.39, 0.29) is 18.0 Å². The normalized spacial score (nSPS) is 18.6. The Morgan fingerprint density at radius 1 is 1.33 bits per heavy atom. The van der Waals surface area contributed by atoms with Crippen molar-refractivity contribution < 1.29 is 9.18 Å². The lowest BCUT2D eigenvalue weighted by Gasteiger charge is -2.31. The Labute approximate surface area is 115 Å². The predicted octanol–water partition coefficient (Wildman–Crippen LogP) is 3.36. The van der Waals surface area contributed by atoms with Gasteiger partial charge >= 0.3 is 0 Å². The Hall–Kier alpha value is -0.740. The first-order valence-electron chi connectivity index (χ1n) is 6.27. The van der Waals surface area contributed by atoms with Gasteiger partial charge in [-0.2, -0.15) is 0 Å². The number of ketones is 1. The topological polar surface area (TPSA) is 43.1 Å². The van der Waals surface area contributed by atoms with Crippen LogP contribution in [0.25, 0.3) is 0 Å². The minimum Gasteiger partial charge on any atom is -0.319 e. The van der Waals surface area contributed by atoms with Crippen molar-refractivity contribution in [1.82, 2.24) is 0 Å². The van der Waals surface area contributed by atoms with Crippen LogP contribution in [0.15, 0.2) is 22.7 Å². The van der Waals surface area contributed by atoms with Crippen molar-refractivity contribution in [3.8, 4) is 0 Å². The van der Waals surface area contributed by atoms with Gasteiger partial charge in [0.15, 0.2) is 5.78 Å². The van der Waals surface area contributed by atoms with E-state index in [4.69, 9.17) is 5.73 Å². The quantitative estimate of drug-likeness (QED) is 0.929. The molecule has 1 aliphatic rings.